The molecular weight excluding hydrogens is 246 g/mol. The lowest BCUT2D eigenvalue weighted by atomic mass is 10.00. The van der Waals surface area contributed by atoms with Crippen LogP contribution in [0.4, 0.5) is 13.6 Å². The summed E-state index contributed by atoms with van der Waals surface area (Å²) in [7, 11) is 0. The van der Waals surface area contributed by atoms with Crippen LogP contribution in [0, 0.1) is 0 Å². The third-order valence-corrected chi connectivity index (χ3v) is 3.38. The monoisotopic (exact) mass is 264 g/mol. The number of nitrogens with one attached hydrogen (secondary N) is 1. The fraction of sp³-hybridized carbons (Fsp3) is 0.900. The van der Waals surface area contributed by atoms with Gasteiger partial charge in [-0.05, 0) is 13.0 Å². The lowest BCUT2D eigenvalue weighted by Crippen LogP contribution is -2.61. The van der Waals surface area contributed by atoms with E-state index in [1.54, 1.807) is 4.90 Å². The predicted octanol–water partition coefficient (Wildman–Crippen LogP) is -0.388. The molecule has 2 saturated heterocycles. The summed E-state index contributed by atoms with van der Waals surface area (Å²) in [5.74, 6) is -2.70. The van der Waals surface area contributed by atoms with Crippen molar-refractivity contribution in [2.75, 3.05) is 39.3 Å². The fourth-order valence-corrected chi connectivity index (χ4v) is 2.51. The first-order chi connectivity index (χ1) is 8.49. The second-order valence-corrected chi connectivity index (χ2v) is 4.62. The Labute approximate surface area is 104 Å². The van der Waals surface area contributed by atoms with Crippen LogP contribution in [0.25, 0.3) is 0 Å². The Kier molecular flexibility index (Phi) is 3.98. The molecule has 8 heteroatoms. The maximum atomic E-state index is 13.7. The molecule has 0 spiro atoms. The summed E-state index contributed by atoms with van der Waals surface area (Å²) < 4.78 is 27.5. The van der Waals surface area contributed by atoms with Gasteiger partial charge in [0.25, 0.3) is 5.92 Å². The summed E-state index contributed by atoms with van der Waals surface area (Å²) in [5, 5.41) is 4.12. The molecule has 0 saturated carbocycles. The van der Waals surface area contributed by atoms with Crippen LogP contribution in [-0.2, 0) is 4.84 Å². The Bertz CT molecular complexity index is 308. The summed E-state index contributed by atoms with van der Waals surface area (Å²) >= 11 is 0. The molecule has 1 amide bonds. The number of piperazine rings is 1. The molecule has 2 aliphatic heterocycles. The van der Waals surface area contributed by atoms with Crippen molar-refractivity contribution in [2.24, 2.45) is 5.73 Å². The molecule has 18 heavy (non-hydrogen) atoms. The number of halogens is 2. The van der Waals surface area contributed by atoms with Crippen molar-refractivity contribution in [3.8, 4) is 0 Å². The van der Waals surface area contributed by atoms with Gasteiger partial charge in [0, 0.05) is 26.2 Å². The van der Waals surface area contributed by atoms with Gasteiger partial charge in [0.1, 0.15) is 0 Å². The normalized spacial score (nSPS) is 30.0. The number of rotatable bonds is 2. The number of hydrogen-bond acceptors (Lipinski definition) is 5. The minimum absolute atomic E-state index is 0.268. The van der Waals surface area contributed by atoms with E-state index in [0.29, 0.717) is 39.1 Å². The van der Waals surface area contributed by atoms with Gasteiger partial charge in [-0.1, -0.05) is 0 Å². The van der Waals surface area contributed by atoms with Crippen LogP contribution in [-0.4, -0.2) is 67.3 Å². The van der Waals surface area contributed by atoms with Crippen molar-refractivity contribution in [3.63, 3.8) is 0 Å². The molecule has 0 bridgehead atoms. The number of hydroxylamine groups is 2. The molecule has 0 radical (unpaired) electrons. The highest BCUT2D eigenvalue weighted by Crippen LogP contribution is 2.28. The second-order valence-electron chi connectivity index (χ2n) is 4.62. The standard InChI is InChI=1S/C10H18F2N4O2/c11-10(12)7-14-2-1-8(10)15-3-5-16(6-4-15)18-9(13)17/h8,14H,1-7H2,(H2,13,17). The Morgan fingerprint density at radius 3 is 2.56 bits per heavy atom. The number of primary amides is 1. The second kappa shape index (κ2) is 5.33. The van der Waals surface area contributed by atoms with E-state index < -0.39 is 18.1 Å². The number of carbonyl (C=O) groups is 1. The van der Waals surface area contributed by atoms with E-state index in [0.717, 1.165) is 0 Å². The topological polar surface area (TPSA) is 70.8 Å². The van der Waals surface area contributed by atoms with Crippen LogP contribution in [0.5, 0.6) is 0 Å². The fourth-order valence-electron chi connectivity index (χ4n) is 2.51. The first kappa shape index (κ1) is 13.4. The quantitative estimate of drug-likeness (QED) is 0.711. The van der Waals surface area contributed by atoms with Crippen molar-refractivity contribution >= 4 is 6.09 Å². The van der Waals surface area contributed by atoms with Crippen LogP contribution in [0.1, 0.15) is 6.42 Å². The van der Waals surface area contributed by atoms with E-state index in [4.69, 9.17) is 10.6 Å². The highest BCUT2D eigenvalue weighted by atomic mass is 19.3. The molecule has 0 aromatic carbocycles. The summed E-state index contributed by atoms with van der Waals surface area (Å²) in [6.07, 6.45) is -0.431. The Morgan fingerprint density at radius 1 is 1.33 bits per heavy atom. The third-order valence-electron chi connectivity index (χ3n) is 3.38. The van der Waals surface area contributed by atoms with Crippen molar-refractivity contribution in [3.05, 3.63) is 0 Å². The number of nitrogens with two attached hydrogens (primary N) is 1. The Hall–Kier alpha value is -0.990. The number of alkyl halides is 2. The minimum Gasteiger partial charge on any atom is -0.351 e. The highest BCUT2D eigenvalue weighted by molar-refractivity contribution is 5.64. The molecule has 0 aromatic heterocycles. The van der Waals surface area contributed by atoms with E-state index in [9.17, 15) is 13.6 Å². The van der Waals surface area contributed by atoms with E-state index >= 15 is 0 Å². The molecule has 3 N–H and O–H groups in total. The summed E-state index contributed by atoms with van der Waals surface area (Å²) in [6.45, 7) is 2.06. The van der Waals surface area contributed by atoms with E-state index in [1.807, 2.05) is 0 Å². The lowest BCUT2D eigenvalue weighted by molar-refractivity contribution is -0.151. The molecule has 2 heterocycles. The molecule has 104 valence electrons. The van der Waals surface area contributed by atoms with Gasteiger partial charge in [0.15, 0.2) is 0 Å². The van der Waals surface area contributed by atoms with Crippen LogP contribution < -0.4 is 11.1 Å². The number of carbonyl (C=O) groups excluding carboxylic acids is 1. The van der Waals surface area contributed by atoms with Gasteiger partial charge in [-0.3, -0.25) is 4.90 Å². The number of amides is 1. The molecule has 2 fully saturated rings. The summed E-state index contributed by atoms with van der Waals surface area (Å²) in [6, 6.07) is -0.727. The molecule has 1 atom stereocenters. The zero-order chi connectivity index (χ0) is 13.2. The number of hydrogen-bond donors (Lipinski definition) is 2. The van der Waals surface area contributed by atoms with Crippen molar-refractivity contribution in [1.29, 1.82) is 0 Å². The van der Waals surface area contributed by atoms with Gasteiger partial charge < -0.3 is 15.9 Å². The smallest absolute Gasteiger partial charge is 0.351 e. The molecule has 6 nitrogen and oxygen atoms in total. The minimum atomic E-state index is -2.70. The van der Waals surface area contributed by atoms with Crippen molar-refractivity contribution < 1.29 is 18.4 Å². The SMILES string of the molecule is NC(=O)ON1CCN(C2CCNCC2(F)F)CC1. The van der Waals surface area contributed by atoms with E-state index in [2.05, 4.69) is 5.32 Å². The predicted molar refractivity (Wildman–Crippen MR) is 60.0 cm³/mol. The summed E-state index contributed by atoms with van der Waals surface area (Å²) in [4.78, 5) is 17.1. The van der Waals surface area contributed by atoms with Gasteiger partial charge in [-0.25, -0.2) is 13.6 Å². The molecule has 0 aliphatic carbocycles. The molecule has 2 aliphatic rings. The highest BCUT2D eigenvalue weighted by Gasteiger charge is 2.45. The van der Waals surface area contributed by atoms with Gasteiger partial charge >= 0.3 is 6.09 Å². The van der Waals surface area contributed by atoms with Crippen molar-refractivity contribution in [1.82, 2.24) is 15.3 Å². The molecule has 0 aromatic rings. The maximum absolute atomic E-state index is 13.7. The summed E-state index contributed by atoms with van der Waals surface area (Å²) in [5.41, 5.74) is 4.90. The van der Waals surface area contributed by atoms with Crippen LogP contribution in [0.3, 0.4) is 0 Å². The van der Waals surface area contributed by atoms with Gasteiger partial charge in [-0.2, -0.15) is 0 Å². The number of nitrogens with zero attached hydrogens (tertiary/aromatic N) is 2. The first-order valence-corrected chi connectivity index (χ1v) is 6.04. The zero-order valence-corrected chi connectivity index (χ0v) is 10.1. The average Bonchev–Trinajstić information content (AvgIpc) is 2.29. The van der Waals surface area contributed by atoms with Crippen LogP contribution >= 0.6 is 0 Å². The number of piperidine rings is 1. The third kappa shape index (κ3) is 3.06. The Morgan fingerprint density at radius 2 is 2.00 bits per heavy atom. The lowest BCUT2D eigenvalue weighted by Gasteiger charge is -2.43. The molecule has 1 unspecified atom stereocenters. The van der Waals surface area contributed by atoms with Gasteiger partial charge in [0.2, 0.25) is 0 Å². The average molecular weight is 264 g/mol. The molecular formula is C10H18F2N4O2. The van der Waals surface area contributed by atoms with E-state index in [1.165, 1.54) is 5.06 Å². The van der Waals surface area contributed by atoms with Crippen LogP contribution in [0.2, 0.25) is 0 Å². The Balaban J connectivity index is 1.87. The maximum Gasteiger partial charge on any atom is 0.423 e. The zero-order valence-electron chi connectivity index (χ0n) is 10.1. The van der Waals surface area contributed by atoms with Gasteiger partial charge in [0.05, 0.1) is 12.6 Å². The van der Waals surface area contributed by atoms with Gasteiger partial charge in [-0.15, -0.1) is 5.06 Å². The largest absolute Gasteiger partial charge is 0.423 e. The molecule has 2 rings (SSSR count). The van der Waals surface area contributed by atoms with E-state index in [-0.39, 0.29) is 6.54 Å². The van der Waals surface area contributed by atoms with Crippen molar-refractivity contribution in [2.45, 2.75) is 18.4 Å². The first-order valence-electron chi connectivity index (χ1n) is 6.04. The van der Waals surface area contributed by atoms with Crippen LogP contribution in [0.15, 0.2) is 0 Å².